The molecule has 2 heterocycles. The van der Waals surface area contributed by atoms with Gasteiger partial charge in [0.15, 0.2) is 5.16 Å². The number of thioether (sulfide) groups is 1. The van der Waals surface area contributed by atoms with E-state index in [1.807, 2.05) is 25.1 Å². The van der Waals surface area contributed by atoms with Gasteiger partial charge in [-0.3, -0.25) is 13.9 Å². The normalized spacial score (nSPS) is 11.1. The molecule has 0 radical (unpaired) electrons. The summed E-state index contributed by atoms with van der Waals surface area (Å²) < 4.78 is 8.04. The summed E-state index contributed by atoms with van der Waals surface area (Å²) in [5.41, 5.74) is 1.76. The van der Waals surface area contributed by atoms with E-state index < -0.39 is 0 Å². The molecule has 0 spiro atoms. The van der Waals surface area contributed by atoms with Crippen LogP contribution < -0.4 is 16.0 Å². The number of rotatable bonds is 5. The Morgan fingerprint density at radius 1 is 1.21 bits per heavy atom. The molecule has 0 aliphatic carbocycles. The summed E-state index contributed by atoms with van der Waals surface area (Å²) in [7, 11) is 3.13. The van der Waals surface area contributed by atoms with Crippen LogP contribution in [0.4, 0.5) is 0 Å². The Morgan fingerprint density at radius 2 is 2.00 bits per heavy atom. The Balaban J connectivity index is 1.83. The van der Waals surface area contributed by atoms with E-state index >= 15 is 0 Å². The molecule has 1 aromatic carbocycles. The molecule has 0 fully saturated rings. The summed E-state index contributed by atoms with van der Waals surface area (Å²) in [5, 5.41) is 0.728. The largest absolute Gasteiger partial charge is 0.494 e. The third kappa shape index (κ3) is 3.09. The number of hydrogen-bond donors (Lipinski definition) is 1. The third-order valence-electron chi connectivity index (χ3n) is 3.72. The van der Waals surface area contributed by atoms with Crippen molar-refractivity contribution < 1.29 is 4.74 Å². The standard InChI is InChI=1S/C16H18N4O3S/c1-4-23-11-5-6-12-13(8-11)18-15(17-12)24-9-10-7-14(21)20(3)16(22)19(10)2/h5-8H,4,9H2,1-3H3,(H,17,18). The molecule has 7 nitrogen and oxygen atoms in total. The number of nitrogens with zero attached hydrogens (tertiary/aromatic N) is 3. The van der Waals surface area contributed by atoms with E-state index in [1.54, 1.807) is 7.05 Å². The lowest BCUT2D eigenvalue weighted by Crippen LogP contribution is -2.37. The second-order valence-electron chi connectivity index (χ2n) is 5.32. The number of aromatic amines is 1. The molecule has 1 N–H and O–H groups in total. The molecular formula is C16H18N4O3S. The van der Waals surface area contributed by atoms with Crippen molar-refractivity contribution in [1.29, 1.82) is 0 Å². The van der Waals surface area contributed by atoms with Crippen molar-refractivity contribution in [2.75, 3.05) is 6.61 Å². The predicted octanol–water partition coefficient (Wildman–Crippen LogP) is 1.65. The van der Waals surface area contributed by atoms with Crippen LogP contribution in [0.25, 0.3) is 11.0 Å². The third-order valence-corrected chi connectivity index (χ3v) is 4.63. The maximum absolute atomic E-state index is 11.9. The van der Waals surface area contributed by atoms with Gasteiger partial charge in [-0.05, 0) is 19.1 Å². The van der Waals surface area contributed by atoms with E-state index in [1.165, 1.54) is 29.4 Å². The topological polar surface area (TPSA) is 81.9 Å². The van der Waals surface area contributed by atoms with E-state index in [-0.39, 0.29) is 11.2 Å². The predicted molar refractivity (Wildman–Crippen MR) is 93.7 cm³/mol. The average molecular weight is 346 g/mol. The molecule has 0 saturated heterocycles. The van der Waals surface area contributed by atoms with E-state index in [4.69, 9.17) is 4.74 Å². The highest BCUT2D eigenvalue weighted by molar-refractivity contribution is 7.98. The molecular weight excluding hydrogens is 328 g/mol. The fraction of sp³-hybridized carbons (Fsp3) is 0.312. The van der Waals surface area contributed by atoms with Crippen LogP contribution in [0.2, 0.25) is 0 Å². The molecule has 24 heavy (non-hydrogen) atoms. The molecule has 0 amide bonds. The number of ether oxygens (including phenoxy) is 1. The zero-order chi connectivity index (χ0) is 17.3. The van der Waals surface area contributed by atoms with Crippen LogP contribution in [0.5, 0.6) is 5.75 Å². The lowest BCUT2D eigenvalue weighted by molar-refractivity contribution is 0.340. The minimum Gasteiger partial charge on any atom is -0.494 e. The van der Waals surface area contributed by atoms with Gasteiger partial charge < -0.3 is 9.72 Å². The van der Waals surface area contributed by atoms with E-state index in [0.29, 0.717) is 18.1 Å². The van der Waals surface area contributed by atoms with Crippen molar-refractivity contribution in [2.24, 2.45) is 14.1 Å². The van der Waals surface area contributed by atoms with Gasteiger partial charge in [-0.2, -0.15) is 0 Å². The molecule has 0 aliphatic heterocycles. The second-order valence-corrected chi connectivity index (χ2v) is 6.28. The summed E-state index contributed by atoms with van der Waals surface area (Å²) in [6, 6.07) is 7.16. The maximum Gasteiger partial charge on any atom is 0.330 e. The summed E-state index contributed by atoms with van der Waals surface area (Å²) in [6.45, 7) is 2.55. The first-order valence-corrected chi connectivity index (χ1v) is 8.49. The van der Waals surface area contributed by atoms with Gasteiger partial charge in [0, 0.05) is 37.7 Å². The van der Waals surface area contributed by atoms with Gasteiger partial charge in [-0.25, -0.2) is 9.78 Å². The number of nitrogens with one attached hydrogen (secondary N) is 1. The van der Waals surface area contributed by atoms with Crippen molar-refractivity contribution in [1.82, 2.24) is 19.1 Å². The summed E-state index contributed by atoms with van der Waals surface area (Å²) in [5.74, 6) is 1.26. The zero-order valence-corrected chi connectivity index (χ0v) is 14.5. The van der Waals surface area contributed by atoms with Crippen molar-refractivity contribution in [3.63, 3.8) is 0 Å². The minimum absolute atomic E-state index is 0.306. The van der Waals surface area contributed by atoms with Crippen molar-refractivity contribution in [3.05, 3.63) is 50.8 Å². The summed E-state index contributed by atoms with van der Waals surface area (Å²) >= 11 is 1.44. The lowest BCUT2D eigenvalue weighted by atomic mass is 10.3. The van der Waals surface area contributed by atoms with Gasteiger partial charge in [0.2, 0.25) is 0 Å². The quantitative estimate of drug-likeness (QED) is 0.711. The van der Waals surface area contributed by atoms with Crippen LogP contribution >= 0.6 is 11.8 Å². The fourth-order valence-corrected chi connectivity index (χ4v) is 3.26. The molecule has 0 unspecified atom stereocenters. The first-order valence-electron chi connectivity index (χ1n) is 7.51. The summed E-state index contributed by atoms with van der Waals surface area (Å²) in [4.78, 5) is 31.4. The Kier molecular flexibility index (Phi) is 4.48. The van der Waals surface area contributed by atoms with Crippen molar-refractivity contribution in [2.45, 2.75) is 17.8 Å². The molecule has 0 bridgehead atoms. The Bertz CT molecular complexity index is 1000. The smallest absolute Gasteiger partial charge is 0.330 e. The number of fused-ring (bicyclic) bond motifs is 1. The van der Waals surface area contributed by atoms with Gasteiger partial charge in [0.1, 0.15) is 5.75 Å². The van der Waals surface area contributed by atoms with Gasteiger partial charge in [0.05, 0.1) is 17.6 Å². The monoisotopic (exact) mass is 346 g/mol. The molecule has 2 aromatic heterocycles. The number of H-pyrrole nitrogens is 1. The molecule has 0 atom stereocenters. The van der Waals surface area contributed by atoms with Gasteiger partial charge in [-0.1, -0.05) is 11.8 Å². The molecule has 0 saturated carbocycles. The second kappa shape index (κ2) is 6.56. The van der Waals surface area contributed by atoms with Crippen LogP contribution in [0.15, 0.2) is 39.0 Å². The van der Waals surface area contributed by atoms with Gasteiger partial charge >= 0.3 is 5.69 Å². The highest BCUT2D eigenvalue weighted by atomic mass is 32.2. The van der Waals surface area contributed by atoms with Gasteiger partial charge in [-0.15, -0.1) is 0 Å². The van der Waals surface area contributed by atoms with E-state index in [0.717, 1.165) is 26.5 Å². The molecule has 8 heteroatoms. The fourth-order valence-electron chi connectivity index (χ4n) is 2.35. The molecule has 3 aromatic rings. The summed E-state index contributed by atoms with van der Waals surface area (Å²) in [6.07, 6.45) is 0. The van der Waals surface area contributed by atoms with E-state index in [2.05, 4.69) is 9.97 Å². The molecule has 126 valence electrons. The van der Waals surface area contributed by atoms with Crippen LogP contribution in [0.1, 0.15) is 12.6 Å². The number of hydrogen-bond acceptors (Lipinski definition) is 5. The number of benzene rings is 1. The van der Waals surface area contributed by atoms with Crippen LogP contribution in [-0.4, -0.2) is 25.7 Å². The van der Waals surface area contributed by atoms with Crippen LogP contribution in [-0.2, 0) is 19.8 Å². The van der Waals surface area contributed by atoms with E-state index in [9.17, 15) is 9.59 Å². The average Bonchev–Trinajstić information content (AvgIpc) is 2.97. The highest BCUT2D eigenvalue weighted by Crippen LogP contribution is 2.25. The number of aromatic nitrogens is 4. The molecule has 3 rings (SSSR count). The lowest BCUT2D eigenvalue weighted by Gasteiger charge is -2.07. The van der Waals surface area contributed by atoms with Crippen LogP contribution in [0, 0.1) is 0 Å². The zero-order valence-electron chi connectivity index (χ0n) is 13.7. The van der Waals surface area contributed by atoms with Crippen LogP contribution in [0.3, 0.4) is 0 Å². The first-order chi connectivity index (χ1) is 11.5. The van der Waals surface area contributed by atoms with Crippen molar-refractivity contribution >= 4 is 22.8 Å². The van der Waals surface area contributed by atoms with Gasteiger partial charge in [0.25, 0.3) is 5.56 Å². The maximum atomic E-state index is 11.9. The number of imidazole rings is 1. The SMILES string of the molecule is CCOc1ccc2nc(SCc3cc(=O)n(C)c(=O)n3C)[nH]c2c1. The minimum atomic E-state index is -0.330. The Morgan fingerprint density at radius 3 is 2.75 bits per heavy atom. The molecule has 0 aliphatic rings. The highest BCUT2D eigenvalue weighted by Gasteiger charge is 2.09. The Hall–Kier alpha value is -2.48. The van der Waals surface area contributed by atoms with Crippen molar-refractivity contribution in [3.8, 4) is 5.75 Å². The Labute approximate surface area is 142 Å². The first kappa shape index (κ1) is 16.4.